The standard InChI is InChI=1S/C7H12O4/c1-11-7-5(9)3-2-4(8)6(7)10/h4,6-8,10H,2-3H2,1H3/t4-,6-,7-/m0/s1. The molecular weight excluding hydrogens is 148 g/mol. The number of ether oxygens (including phenoxy) is 1. The van der Waals surface area contributed by atoms with Gasteiger partial charge in [-0.25, -0.2) is 0 Å². The fraction of sp³-hybridized carbons (Fsp3) is 0.857. The van der Waals surface area contributed by atoms with E-state index in [1.54, 1.807) is 0 Å². The third kappa shape index (κ3) is 1.58. The molecule has 0 aromatic rings. The summed E-state index contributed by atoms with van der Waals surface area (Å²) in [5, 5.41) is 18.3. The van der Waals surface area contributed by atoms with Crippen LogP contribution < -0.4 is 0 Å². The molecule has 0 bridgehead atoms. The van der Waals surface area contributed by atoms with Crippen LogP contribution in [0.3, 0.4) is 0 Å². The molecule has 11 heavy (non-hydrogen) atoms. The number of carbonyl (C=O) groups excluding carboxylic acids is 1. The van der Waals surface area contributed by atoms with Crippen LogP contribution in [0.2, 0.25) is 0 Å². The lowest BCUT2D eigenvalue weighted by atomic mass is 9.91. The summed E-state index contributed by atoms with van der Waals surface area (Å²) >= 11 is 0. The van der Waals surface area contributed by atoms with Gasteiger partial charge in [-0.15, -0.1) is 0 Å². The Bertz CT molecular complexity index is 157. The largest absolute Gasteiger partial charge is 0.390 e. The molecule has 1 rings (SSSR count). The van der Waals surface area contributed by atoms with E-state index < -0.39 is 18.3 Å². The molecule has 0 radical (unpaired) electrons. The number of hydrogen-bond donors (Lipinski definition) is 2. The first kappa shape index (κ1) is 8.64. The van der Waals surface area contributed by atoms with Gasteiger partial charge in [-0.1, -0.05) is 0 Å². The Morgan fingerprint density at radius 1 is 1.55 bits per heavy atom. The lowest BCUT2D eigenvalue weighted by Gasteiger charge is -2.29. The summed E-state index contributed by atoms with van der Waals surface area (Å²) in [5.74, 6) is -0.134. The Labute approximate surface area is 64.8 Å². The summed E-state index contributed by atoms with van der Waals surface area (Å²) in [6, 6.07) is 0. The van der Waals surface area contributed by atoms with Crippen molar-refractivity contribution < 1.29 is 19.7 Å². The minimum Gasteiger partial charge on any atom is -0.390 e. The molecule has 2 N–H and O–H groups in total. The van der Waals surface area contributed by atoms with E-state index in [9.17, 15) is 9.90 Å². The Morgan fingerprint density at radius 2 is 2.18 bits per heavy atom. The van der Waals surface area contributed by atoms with E-state index in [2.05, 4.69) is 0 Å². The van der Waals surface area contributed by atoms with E-state index in [0.717, 1.165) is 0 Å². The quantitative estimate of drug-likeness (QED) is 0.521. The van der Waals surface area contributed by atoms with Gasteiger partial charge in [0.05, 0.1) is 6.10 Å². The maximum absolute atomic E-state index is 11.0. The molecule has 1 fully saturated rings. The van der Waals surface area contributed by atoms with Crippen molar-refractivity contribution in [1.29, 1.82) is 0 Å². The number of methoxy groups -OCH3 is 1. The minimum absolute atomic E-state index is 0.134. The molecule has 0 heterocycles. The van der Waals surface area contributed by atoms with Crippen molar-refractivity contribution >= 4 is 5.78 Å². The van der Waals surface area contributed by atoms with Crippen molar-refractivity contribution in [3.63, 3.8) is 0 Å². The van der Waals surface area contributed by atoms with Crippen molar-refractivity contribution in [2.45, 2.75) is 31.2 Å². The average Bonchev–Trinajstić information content (AvgIpc) is 1.99. The second kappa shape index (κ2) is 3.30. The predicted octanol–water partition coefficient (Wildman–Crippen LogP) is -0.914. The fourth-order valence-electron chi connectivity index (χ4n) is 1.27. The number of ketones is 1. The second-order valence-corrected chi connectivity index (χ2v) is 2.72. The van der Waals surface area contributed by atoms with E-state index in [1.807, 2.05) is 0 Å². The summed E-state index contributed by atoms with van der Waals surface area (Å²) in [5.41, 5.74) is 0. The summed E-state index contributed by atoms with van der Waals surface area (Å²) in [7, 11) is 1.35. The van der Waals surface area contributed by atoms with Gasteiger partial charge in [0, 0.05) is 13.5 Å². The highest BCUT2D eigenvalue weighted by atomic mass is 16.5. The van der Waals surface area contributed by atoms with Crippen LogP contribution in [0, 0.1) is 0 Å². The number of aliphatic hydroxyl groups is 2. The maximum atomic E-state index is 11.0. The maximum Gasteiger partial charge on any atom is 0.164 e. The zero-order chi connectivity index (χ0) is 8.43. The Balaban J connectivity index is 2.63. The predicted molar refractivity (Wildman–Crippen MR) is 37.1 cm³/mol. The lowest BCUT2D eigenvalue weighted by molar-refractivity contribution is -0.150. The third-order valence-electron chi connectivity index (χ3n) is 1.96. The van der Waals surface area contributed by atoms with E-state index >= 15 is 0 Å². The van der Waals surface area contributed by atoms with Crippen molar-refractivity contribution in [2.75, 3.05) is 7.11 Å². The number of Topliss-reactive ketones (excluding diaryl/α,β-unsaturated/α-hetero) is 1. The molecule has 0 aliphatic heterocycles. The summed E-state index contributed by atoms with van der Waals surface area (Å²) in [6.45, 7) is 0. The number of rotatable bonds is 1. The molecule has 3 atom stereocenters. The second-order valence-electron chi connectivity index (χ2n) is 2.72. The first-order valence-electron chi connectivity index (χ1n) is 3.58. The molecule has 0 saturated heterocycles. The molecule has 1 aliphatic carbocycles. The highest BCUT2D eigenvalue weighted by Crippen LogP contribution is 2.18. The smallest absolute Gasteiger partial charge is 0.164 e. The van der Waals surface area contributed by atoms with Crippen molar-refractivity contribution in [3.05, 3.63) is 0 Å². The van der Waals surface area contributed by atoms with Crippen molar-refractivity contribution in [1.82, 2.24) is 0 Å². The van der Waals surface area contributed by atoms with Crippen LogP contribution in [0.5, 0.6) is 0 Å². The van der Waals surface area contributed by atoms with Crippen LogP contribution in [0.1, 0.15) is 12.8 Å². The SMILES string of the molecule is CO[C@H]1C(=O)CC[C@H](O)[C@@H]1O. The molecule has 4 heteroatoms. The van der Waals surface area contributed by atoms with E-state index in [0.29, 0.717) is 6.42 Å². The topological polar surface area (TPSA) is 66.8 Å². The van der Waals surface area contributed by atoms with Crippen molar-refractivity contribution in [3.8, 4) is 0 Å². The molecular formula is C7H12O4. The van der Waals surface area contributed by atoms with Gasteiger partial charge in [0.2, 0.25) is 0 Å². The molecule has 1 saturated carbocycles. The first-order chi connectivity index (χ1) is 5.16. The van der Waals surface area contributed by atoms with Gasteiger partial charge in [-0.3, -0.25) is 4.79 Å². The van der Waals surface area contributed by atoms with Gasteiger partial charge in [-0.2, -0.15) is 0 Å². The Hall–Kier alpha value is -0.450. The van der Waals surface area contributed by atoms with Gasteiger partial charge < -0.3 is 14.9 Å². The monoisotopic (exact) mass is 160 g/mol. The normalized spacial score (nSPS) is 39.2. The van der Waals surface area contributed by atoms with Gasteiger partial charge in [0.15, 0.2) is 5.78 Å². The van der Waals surface area contributed by atoms with E-state index in [4.69, 9.17) is 9.84 Å². The zero-order valence-electron chi connectivity index (χ0n) is 6.36. The third-order valence-corrected chi connectivity index (χ3v) is 1.96. The molecule has 64 valence electrons. The number of carbonyl (C=O) groups is 1. The number of hydrogen-bond acceptors (Lipinski definition) is 4. The summed E-state index contributed by atoms with van der Waals surface area (Å²) in [6.07, 6.45) is -2.09. The lowest BCUT2D eigenvalue weighted by Crippen LogP contribution is -2.47. The highest BCUT2D eigenvalue weighted by molar-refractivity contribution is 5.84. The van der Waals surface area contributed by atoms with Crippen LogP contribution in [0.15, 0.2) is 0 Å². The molecule has 0 spiro atoms. The average molecular weight is 160 g/mol. The fourth-order valence-corrected chi connectivity index (χ4v) is 1.27. The van der Waals surface area contributed by atoms with E-state index in [1.165, 1.54) is 7.11 Å². The summed E-state index contributed by atoms with van der Waals surface area (Å²) < 4.78 is 4.73. The van der Waals surface area contributed by atoms with Crippen LogP contribution in [-0.4, -0.2) is 41.4 Å². The van der Waals surface area contributed by atoms with Gasteiger partial charge in [0.1, 0.15) is 12.2 Å². The van der Waals surface area contributed by atoms with Crippen molar-refractivity contribution in [2.24, 2.45) is 0 Å². The molecule has 4 nitrogen and oxygen atoms in total. The molecule has 0 aromatic heterocycles. The van der Waals surface area contributed by atoms with Crippen LogP contribution >= 0.6 is 0 Å². The first-order valence-corrected chi connectivity index (χ1v) is 3.58. The zero-order valence-corrected chi connectivity index (χ0v) is 6.36. The highest BCUT2D eigenvalue weighted by Gasteiger charge is 2.36. The molecule has 0 unspecified atom stereocenters. The van der Waals surface area contributed by atoms with Crippen LogP contribution in [-0.2, 0) is 9.53 Å². The Kier molecular flexibility index (Phi) is 2.59. The van der Waals surface area contributed by atoms with Gasteiger partial charge >= 0.3 is 0 Å². The molecule has 0 aromatic carbocycles. The minimum atomic E-state index is -1.05. The van der Waals surface area contributed by atoms with Crippen LogP contribution in [0.4, 0.5) is 0 Å². The van der Waals surface area contributed by atoms with Crippen LogP contribution in [0.25, 0.3) is 0 Å². The number of aliphatic hydroxyl groups excluding tert-OH is 2. The van der Waals surface area contributed by atoms with E-state index in [-0.39, 0.29) is 12.2 Å². The van der Waals surface area contributed by atoms with Gasteiger partial charge in [0.25, 0.3) is 0 Å². The molecule has 1 aliphatic rings. The summed E-state index contributed by atoms with van der Waals surface area (Å²) in [4.78, 5) is 11.0. The van der Waals surface area contributed by atoms with Gasteiger partial charge in [-0.05, 0) is 6.42 Å². The Morgan fingerprint density at radius 3 is 2.64 bits per heavy atom. The molecule has 0 amide bonds.